The van der Waals surface area contributed by atoms with Crippen molar-refractivity contribution < 1.29 is 28.3 Å². The second-order valence-corrected chi connectivity index (χ2v) is 18.0. The lowest BCUT2D eigenvalue weighted by Gasteiger charge is -2.43. The molecule has 1 heterocycles. The Bertz CT molecular complexity index is 1350. The number of nitrogens with one attached hydrogen (secondary N) is 1. The maximum Gasteiger partial charge on any atom is 0.322 e. The van der Waals surface area contributed by atoms with Gasteiger partial charge in [0.25, 0.3) is 0 Å². The molecular formula is C36H45NO6Si. The van der Waals surface area contributed by atoms with Crippen molar-refractivity contribution in [1.82, 2.24) is 0 Å². The van der Waals surface area contributed by atoms with Crippen LogP contribution < -0.4 is 5.32 Å². The van der Waals surface area contributed by atoms with Crippen molar-refractivity contribution in [3.63, 3.8) is 0 Å². The Morgan fingerprint density at radius 3 is 1.64 bits per heavy atom. The normalized spacial score (nSPS) is 16.4. The van der Waals surface area contributed by atoms with Crippen LogP contribution in [0.4, 0.5) is 5.69 Å². The molecule has 0 aromatic heterocycles. The number of fused-ring (bicyclic) bond motifs is 1. The van der Waals surface area contributed by atoms with E-state index in [0.717, 1.165) is 11.1 Å². The standard InChI is InChI=1S/C36H45NO6Si/c1-25(2)44(26(3)4,27(5)6)43-22-21-36(30-19-13-14-20-31(30)37-35(36)40)32(33(38)41-23-28-15-9-7-10-16-28)34(39)42-24-29-17-11-8-12-18-29/h7-20,25-27,32H,21-24H2,1-6H3,(H,37,40)/t36-/m0/s1. The van der Waals surface area contributed by atoms with Gasteiger partial charge in [0, 0.05) is 12.3 Å². The van der Waals surface area contributed by atoms with Crippen LogP contribution in [0.2, 0.25) is 16.6 Å². The number of rotatable bonds is 14. The molecule has 0 bridgehead atoms. The molecule has 7 nitrogen and oxygen atoms in total. The van der Waals surface area contributed by atoms with Crippen LogP contribution in [0.25, 0.3) is 0 Å². The molecule has 0 fully saturated rings. The van der Waals surface area contributed by atoms with Gasteiger partial charge in [0.2, 0.25) is 5.91 Å². The van der Waals surface area contributed by atoms with Gasteiger partial charge in [-0.05, 0) is 45.8 Å². The topological polar surface area (TPSA) is 90.9 Å². The maximum absolute atomic E-state index is 14.1. The van der Waals surface area contributed by atoms with Crippen molar-refractivity contribution in [3.05, 3.63) is 102 Å². The van der Waals surface area contributed by atoms with Gasteiger partial charge >= 0.3 is 11.9 Å². The van der Waals surface area contributed by atoms with Gasteiger partial charge in [-0.25, -0.2) is 0 Å². The van der Waals surface area contributed by atoms with Crippen molar-refractivity contribution in [2.45, 2.75) is 83.2 Å². The first-order valence-electron chi connectivity index (χ1n) is 15.5. The molecule has 8 heteroatoms. The zero-order valence-corrected chi connectivity index (χ0v) is 27.7. The highest BCUT2D eigenvalue weighted by atomic mass is 28.4. The van der Waals surface area contributed by atoms with E-state index < -0.39 is 37.5 Å². The van der Waals surface area contributed by atoms with Crippen molar-refractivity contribution >= 4 is 31.9 Å². The van der Waals surface area contributed by atoms with Crippen LogP contribution in [-0.4, -0.2) is 32.8 Å². The van der Waals surface area contributed by atoms with Gasteiger partial charge in [-0.15, -0.1) is 0 Å². The van der Waals surface area contributed by atoms with E-state index in [1.165, 1.54) is 0 Å². The summed E-state index contributed by atoms with van der Waals surface area (Å²) in [4.78, 5) is 42.3. The van der Waals surface area contributed by atoms with Gasteiger partial charge < -0.3 is 19.2 Å². The molecule has 1 atom stereocenters. The molecule has 0 saturated carbocycles. The number of benzene rings is 3. The van der Waals surface area contributed by atoms with E-state index in [1.807, 2.05) is 72.8 Å². The zero-order valence-electron chi connectivity index (χ0n) is 26.7. The average Bonchev–Trinajstić information content (AvgIpc) is 3.29. The highest BCUT2D eigenvalue weighted by Crippen LogP contribution is 2.48. The molecule has 44 heavy (non-hydrogen) atoms. The van der Waals surface area contributed by atoms with E-state index in [9.17, 15) is 14.4 Å². The zero-order chi connectivity index (χ0) is 31.9. The summed E-state index contributed by atoms with van der Waals surface area (Å²) >= 11 is 0. The fourth-order valence-electron chi connectivity index (χ4n) is 7.03. The van der Waals surface area contributed by atoms with Crippen LogP contribution in [0, 0.1) is 5.92 Å². The number of para-hydroxylation sites is 1. The average molecular weight is 616 g/mol. The Morgan fingerprint density at radius 1 is 0.705 bits per heavy atom. The summed E-state index contributed by atoms with van der Waals surface area (Å²) in [6.07, 6.45) is 0.113. The largest absolute Gasteiger partial charge is 0.460 e. The fraction of sp³-hybridized carbons (Fsp3) is 0.417. The van der Waals surface area contributed by atoms with Crippen molar-refractivity contribution in [2.75, 3.05) is 11.9 Å². The van der Waals surface area contributed by atoms with Gasteiger partial charge in [0.15, 0.2) is 14.2 Å². The second-order valence-electron chi connectivity index (χ2n) is 12.5. The van der Waals surface area contributed by atoms with Crippen LogP contribution in [0.1, 0.15) is 64.7 Å². The Morgan fingerprint density at radius 2 is 1.16 bits per heavy atom. The Labute approximate surface area is 262 Å². The summed E-state index contributed by atoms with van der Waals surface area (Å²) < 4.78 is 18.4. The summed E-state index contributed by atoms with van der Waals surface area (Å²) in [5.74, 6) is -3.60. The molecule has 0 unspecified atom stereocenters. The number of carbonyl (C=O) groups is 3. The van der Waals surface area contributed by atoms with Crippen molar-refractivity contribution in [2.24, 2.45) is 5.92 Å². The number of anilines is 1. The molecule has 3 aromatic rings. The molecule has 0 aliphatic carbocycles. The van der Waals surface area contributed by atoms with E-state index in [0.29, 0.717) is 27.9 Å². The second kappa shape index (κ2) is 14.4. The predicted molar refractivity (Wildman–Crippen MR) is 174 cm³/mol. The van der Waals surface area contributed by atoms with Crippen LogP contribution in [0.5, 0.6) is 0 Å². The molecule has 1 aliphatic heterocycles. The Balaban J connectivity index is 1.74. The summed E-state index contributed by atoms with van der Waals surface area (Å²) in [7, 11) is -2.32. The van der Waals surface area contributed by atoms with Gasteiger partial charge in [0.05, 0.1) is 0 Å². The third kappa shape index (κ3) is 6.66. The molecule has 0 spiro atoms. The lowest BCUT2D eigenvalue weighted by atomic mass is 9.68. The van der Waals surface area contributed by atoms with Gasteiger partial charge in [0.1, 0.15) is 18.6 Å². The summed E-state index contributed by atoms with van der Waals surface area (Å²) in [5.41, 5.74) is 2.07. The molecule has 4 rings (SSSR count). The third-order valence-corrected chi connectivity index (χ3v) is 15.1. The third-order valence-electron chi connectivity index (χ3n) is 9.03. The highest BCUT2D eigenvalue weighted by molar-refractivity contribution is 6.77. The smallest absolute Gasteiger partial charge is 0.322 e. The molecule has 3 aromatic carbocycles. The first-order chi connectivity index (χ1) is 21.0. The Hall–Kier alpha value is -3.75. The van der Waals surface area contributed by atoms with E-state index in [1.54, 1.807) is 12.1 Å². The van der Waals surface area contributed by atoms with E-state index in [2.05, 4.69) is 46.9 Å². The minimum absolute atomic E-state index is 0.0396. The Kier molecular flexibility index (Phi) is 10.8. The SMILES string of the molecule is CC(C)[Si](OCC[C@]1(C(C(=O)OCc2ccccc2)C(=O)OCc2ccccc2)C(=O)Nc2ccccc21)(C(C)C)C(C)C. The van der Waals surface area contributed by atoms with Gasteiger partial charge in [-0.3, -0.25) is 14.4 Å². The van der Waals surface area contributed by atoms with Gasteiger partial charge in [-0.2, -0.15) is 0 Å². The number of amides is 1. The summed E-state index contributed by atoms with van der Waals surface area (Å²) in [6, 6.07) is 25.7. The number of hydrogen-bond acceptors (Lipinski definition) is 6. The van der Waals surface area contributed by atoms with Crippen LogP contribution in [0.3, 0.4) is 0 Å². The van der Waals surface area contributed by atoms with Crippen LogP contribution >= 0.6 is 0 Å². The van der Waals surface area contributed by atoms with E-state index in [4.69, 9.17) is 13.9 Å². The van der Waals surface area contributed by atoms with Crippen LogP contribution in [-0.2, 0) is 46.9 Å². The van der Waals surface area contributed by atoms with E-state index in [-0.39, 0.29) is 26.2 Å². The monoisotopic (exact) mass is 615 g/mol. The number of esters is 2. The highest BCUT2D eigenvalue weighted by Gasteiger charge is 2.59. The van der Waals surface area contributed by atoms with Crippen LogP contribution in [0.15, 0.2) is 84.9 Å². The molecule has 1 amide bonds. The molecular weight excluding hydrogens is 570 g/mol. The predicted octanol–water partition coefficient (Wildman–Crippen LogP) is 7.56. The number of carbonyl (C=O) groups excluding carboxylic acids is 3. The van der Waals surface area contributed by atoms with Crippen molar-refractivity contribution in [3.8, 4) is 0 Å². The van der Waals surface area contributed by atoms with Gasteiger partial charge in [-0.1, -0.05) is 120 Å². The minimum atomic E-state index is -2.32. The first-order valence-corrected chi connectivity index (χ1v) is 17.6. The molecule has 0 saturated heterocycles. The fourth-order valence-corrected chi connectivity index (χ4v) is 12.5. The minimum Gasteiger partial charge on any atom is -0.460 e. The summed E-state index contributed by atoms with van der Waals surface area (Å²) in [6.45, 7) is 13.3. The molecule has 234 valence electrons. The lowest BCUT2D eigenvalue weighted by molar-refractivity contribution is -0.169. The van der Waals surface area contributed by atoms with Crippen molar-refractivity contribution in [1.29, 1.82) is 0 Å². The van der Waals surface area contributed by atoms with E-state index >= 15 is 0 Å². The molecule has 0 radical (unpaired) electrons. The quantitative estimate of drug-likeness (QED) is 0.114. The number of hydrogen-bond donors (Lipinski definition) is 1. The molecule has 1 aliphatic rings. The molecule has 1 N–H and O–H groups in total. The first kappa shape index (κ1) is 33.1. The summed E-state index contributed by atoms with van der Waals surface area (Å²) in [5, 5.41) is 2.94. The lowest BCUT2D eigenvalue weighted by Crippen LogP contribution is -2.53. The number of ether oxygens (including phenoxy) is 2. The maximum atomic E-state index is 14.1.